The second-order valence-electron chi connectivity index (χ2n) is 6.40. The number of hydrogen-bond acceptors (Lipinski definition) is 4. The van der Waals surface area contributed by atoms with Crippen molar-refractivity contribution in [3.63, 3.8) is 0 Å². The molecule has 2 aliphatic rings. The molecule has 1 saturated heterocycles. The van der Waals surface area contributed by atoms with Crippen LogP contribution in [0.1, 0.15) is 41.1 Å². The highest BCUT2D eigenvalue weighted by molar-refractivity contribution is 6.03. The van der Waals surface area contributed by atoms with E-state index < -0.39 is 17.8 Å². The molecule has 2 amide bonds. The first-order valence-corrected chi connectivity index (χ1v) is 8.49. The van der Waals surface area contributed by atoms with Crippen LogP contribution in [0.25, 0.3) is 0 Å². The Labute approximate surface area is 144 Å². The fraction of sp³-hybridized carbons (Fsp3) is 0.389. The number of carbonyl (C=O) groups is 2. The number of fused-ring (bicyclic) bond motifs is 1. The van der Waals surface area contributed by atoms with E-state index in [9.17, 15) is 14.0 Å². The van der Waals surface area contributed by atoms with Crippen LogP contribution in [0.3, 0.4) is 0 Å². The summed E-state index contributed by atoms with van der Waals surface area (Å²) in [6, 6.07) is 5.45. The van der Waals surface area contributed by atoms with Crippen LogP contribution >= 0.6 is 0 Å². The fourth-order valence-electron chi connectivity index (χ4n) is 3.51. The minimum absolute atomic E-state index is 0.239. The number of nitrogens with zero attached hydrogens (tertiary/aromatic N) is 2. The van der Waals surface area contributed by atoms with Gasteiger partial charge in [-0.2, -0.15) is 0 Å². The van der Waals surface area contributed by atoms with E-state index in [0.717, 1.165) is 37.0 Å². The summed E-state index contributed by atoms with van der Waals surface area (Å²) in [6.07, 6.45) is 4.01. The van der Waals surface area contributed by atoms with E-state index >= 15 is 0 Å². The van der Waals surface area contributed by atoms with Gasteiger partial charge in [-0.1, -0.05) is 17.3 Å². The van der Waals surface area contributed by atoms with Gasteiger partial charge in [-0.15, -0.1) is 0 Å². The number of carbonyl (C=O) groups excluding carboxylic acids is 2. The van der Waals surface area contributed by atoms with Gasteiger partial charge in [-0.05, 0) is 37.8 Å². The predicted octanol–water partition coefficient (Wildman–Crippen LogP) is 2.23. The van der Waals surface area contributed by atoms with Gasteiger partial charge in [-0.3, -0.25) is 9.59 Å². The van der Waals surface area contributed by atoms with E-state index in [1.165, 1.54) is 11.0 Å². The third-order valence-corrected chi connectivity index (χ3v) is 4.82. The Morgan fingerprint density at radius 3 is 2.92 bits per heavy atom. The summed E-state index contributed by atoms with van der Waals surface area (Å²) >= 11 is 0. The predicted molar refractivity (Wildman–Crippen MR) is 87.8 cm³/mol. The van der Waals surface area contributed by atoms with E-state index in [0.29, 0.717) is 13.0 Å². The average molecular weight is 343 g/mol. The molecule has 1 aliphatic heterocycles. The second-order valence-corrected chi connectivity index (χ2v) is 6.40. The normalized spacial score (nSPS) is 19.8. The molecule has 1 fully saturated rings. The number of anilines is 1. The minimum atomic E-state index is -0.678. The summed E-state index contributed by atoms with van der Waals surface area (Å²) in [7, 11) is 0. The van der Waals surface area contributed by atoms with Gasteiger partial charge in [0.15, 0.2) is 5.69 Å². The molecule has 2 heterocycles. The van der Waals surface area contributed by atoms with Crippen molar-refractivity contribution >= 4 is 17.5 Å². The van der Waals surface area contributed by atoms with Crippen molar-refractivity contribution in [2.24, 2.45) is 0 Å². The molecule has 1 aromatic heterocycles. The Morgan fingerprint density at radius 1 is 1.28 bits per heavy atom. The van der Waals surface area contributed by atoms with Crippen molar-refractivity contribution in [2.45, 2.75) is 38.1 Å². The Hall–Kier alpha value is -2.70. The summed E-state index contributed by atoms with van der Waals surface area (Å²) in [4.78, 5) is 26.4. The number of amides is 2. The molecule has 4 rings (SSSR count). The van der Waals surface area contributed by atoms with Crippen molar-refractivity contribution in [1.82, 2.24) is 10.5 Å². The topological polar surface area (TPSA) is 75.4 Å². The van der Waals surface area contributed by atoms with E-state index in [-0.39, 0.29) is 17.3 Å². The Morgan fingerprint density at radius 2 is 2.08 bits per heavy atom. The third-order valence-electron chi connectivity index (χ3n) is 4.82. The van der Waals surface area contributed by atoms with E-state index in [2.05, 4.69) is 10.5 Å². The van der Waals surface area contributed by atoms with Gasteiger partial charge in [0.25, 0.3) is 5.91 Å². The summed E-state index contributed by atoms with van der Waals surface area (Å²) < 4.78 is 19.2. The average Bonchev–Trinajstić information content (AvgIpc) is 3.20. The lowest BCUT2D eigenvalue weighted by atomic mass is 9.96. The Kier molecular flexibility index (Phi) is 3.99. The Balaban J connectivity index is 1.49. The molecule has 0 spiro atoms. The molecule has 0 saturated carbocycles. The van der Waals surface area contributed by atoms with Gasteiger partial charge in [0, 0.05) is 18.5 Å². The molecule has 25 heavy (non-hydrogen) atoms. The van der Waals surface area contributed by atoms with Gasteiger partial charge < -0.3 is 14.7 Å². The van der Waals surface area contributed by atoms with Crippen LogP contribution in [0.15, 0.2) is 28.8 Å². The summed E-state index contributed by atoms with van der Waals surface area (Å²) in [5.41, 5.74) is 1.36. The summed E-state index contributed by atoms with van der Waals surface area (Å²) in [6.45, 7) is 0.363. The molecule has 1 aromatic carbocycles. The molecule has 0 radical (unpaired) electrons. The number of para-hydroxylation sites is 1. The molecule has 1 aliphatic carbocycles. The van der Waals surface area contributed by atoms with Crippen LogP contribution in [-0.4, -0.2) is 29.6 Å². The molecule has 7 heteroatoms. The first kappa shape index (κ1) is 15.8. The monoisotopic (exact) mass is 343 g/mol. The Bertz CT molecular complexity index is 833. The highest BCUT2D eigenvalue weighted by atomic mass is 19.1. The largest absolute Gasteiger partial charge is 0.360 e. The second kappa shape index (κ2) is 6.31. The number of nitrogens with one attached hydrogen (secondary N) is 1. The van der Waals surface area contributed by atoms with E-state index in [1.807, 2.05) is 0 Å². The van der Waals surface area contributed by atoms with Crippen molar-refractivity contribution in [1.29, 1.82) is 0 Å². The standard InChI is InChI=1S/C18H18FN3O3/c19-12-6-2-3-7-14(12)22-10-9-13(18(22)24)20-17(23)16-11-5-1-4-8-15(11)25-21-16/h2-3,6-7,13H,1,4-5,8-10H2,(H,20,23). The first-order valence-electron chi connectivity index (χ1n) is 8.49. The van der Waals surface area contributed by atoms with E-state index in [4.69, 9.17) is 4.52 Å². The van der Waals surface area contributed by atoms with Crippen molar-refractivity contribution < 1.29 is 18.5 Å². The van der Waals surface area contributed by atoms with Gasteiger partial charge in [0.2, 0.25) is 5.91 Å². The van der Waals surface area contributed by atoms with Gasteiger partial charge in [0.05, 0.1) is 5.69 Å². The molecule has 1 unspecified atom stereocenters. The van der Waals surface area contributed by atoms with Crippen LogP contribution in [0.5, 0.6) is 0 Å². The quantitative estimate of drug-likeness (QED) is 0.927. The number of hydrogen-bond donors (Lipinski definition) is 1. The van der Waals surface area contributed by atoms with Crippen LogP contribution in [0.4, 0.5) is 10.1 Å². The highest BCUT2D eigenvalue weighted by Gasteiger charge is 2.36. The molecular formula is C18H18FN3O3. The van der Waals surface area contributed by atoms with Gasteiger partial charge in [-0.25, -0.2) is 4.39 Å². The molecule has 130 valence electrons. The van der Waals surface area contributed by atoms with Crippen LogP contribution in [0, 0.1) is 5.82 Å². The third kappa shape index (κ3) is 2.79. The lowest BCUT2D eigenvalue weighted by Crippen LogP contribution is -2.42. The number of aryl methyl sites for hydroxylation is 1. The molecule has 1 atom stereocenters. The first-order chi connectivity index (χ1) is 12.1. The summed E-state index contributed by atoms with van der Waals surface area (Å²) in [5.74, 6) is -0.396. The molecule has 1 N–H and O–H groups in total. The summed E-state index contributed by atoms with van der Waals surface area (Å²) in [5, 5.41) is 6.61. The lowest BCUT2D eigenvalue weighted by molar-refractivity contribution is -0.118. The maximum absolute atomic E-state index is 13.9. The fourth-order valence-corrected chi connectivity index (χ4v) is 3.51. The van der Waals surface area contributed by atoms with Gasteiger partial charge >= 0.3 is 0 Å². The number of halogens is 1. The van der Waals surface area contributed by atoms with Crippen molar-refractivity contribution in [3.8, 4) is 0 Å². The smallest absolute Gasteiger partial charge is 0.274 e. The maximum Gasteiger partial charge on any atom is 0.274 e. The highest BCUT2D eigenvalue weighted by Crippen LogP contribution is 2.26. The molecule has 6 nitrogen and oxygen atoms in total. The van der Waals surface area contributed by atoms with Crippen LogP contribution < -0.4 is 10.2 Å². The zero-order chi connectivity index (χ0) is 17.4. The van der Waals surface area contributed by atoms with Gasteiger partial charge in [0.1, 0.15) is 17.6 Å². The molecule has 0 bridgehead atoms. The SMILES string of the molecule is O=C(NC1CCN(c2ccccc2F)C1=O)c1noc2c1CCCC2. The molecule has 2 aromatic rings. The van der Waals surface area contributed by atoms with E-state index in [1.54, 1.807) is 18.2 Å². The lowest BCUT2D eigenvalue weighted by Gasteiger charge is -2.17. The van der Waals surface area contributed by atoms with Crippen LogP contribution in [0.2, 0.25) is 0 Å². The number of rotatable bonds is 3. The zero-order valence-electron chi connectivity index (χ0n) is 13.6. The minimum Gasteiger partial charge on any atom is -0.360 e. The maximum atomic E-state index is 13.9. The number of benzene rings is 1. The van der Waals surface area contributed by atoms with Crippen molar-refractivity contribution in [2.75, 3.05) is 11.4 Å². The van der Waals surface area contributed by atoms with Crippen molar-refractivity contribution in [3.05, 3.63) is 47.1 Å². The zero-order valence-corrected chi connectivity index (χ0v) is 13.6. The molecular weight excluding hydrogens is 325 g/mol. The van der Waals surface area contributed by atoms with Crippen LogP contribution in [-0.2, 0) is 17.6 Å². The number of aromatic nitrogens is 1.